The first-order valence-corrected chi connectivity index (χ1v) is 12.3. The van der Waals surface area contributed by atoms with Crippen LogP contribution in [0.1, 0.15) is 12.8 Å². The van der Waals surface area contributed by atoms with E-state index in [0.29, 0.717) is 31.1 Å². The van der Waals surface area contributed by atoms with Crippen molar-refractivity contribution < 1.29 is 17.9 Å². The Bertz CT molecular complexity index is 1140. The van der Waals surface area contributed by atoms with Crippen LogP contribution >= 0.6 is 11.3 Å². The third kappa shape index (κ3) is 4.79. The van der Waals surface area contributed by atoms with Gasteiger partial charge in [0.2, 0.25) is 15.9 Å². The van der Waals surface area contributed by atoms with Gasteiger partial charge in [-0.15, -0.1) is 11.3 Å². The Balaban J connectivity index is 1.35. The van der Waals surface area contributed by atoms with Gasteiger partial charge >= 0.3 is 0 Å². The van der Waals surface area contributed by atoms with E-state index >= 15 is 0 Å². The summed E-state index contributed by atoms with van der Waals surface area (Å²) in [4.78, 5) is 17.5. The Kier molecular flexibility index (Phi) is 6.35. The van der Waals surface area contributed by atoms with Gasteiger partial charge in [0.25, 0.3) is 0 Å². The van der Waals surface area contributed by atoms with Gasteiger partial charge in [-0.25, -0.2) is 13.4 Å². The number of rotatable bonds is 6. The summed E-state index contributed by atoms with van der Waals surface area (Å²) < 4.78 is 32.1. The van der Waals surface area contributed by atoms with Gasteiger partial charge < -0.3 is 10.1 Å². The zero-order chi connectivity index (χ0) is 21.8. The quantitative estimate of drug-likeness (QED) is 0.607. The molecule has 0 bridgehead atoms. The van der Waals surface area contributed by atoms with Crippen LogP contribution < -0.4 is 10.1 Å². The molecule has 0 saturated carbocycles. The van der Waals surface area contributed by atoms with Crippen LogP contribution in [-0.2, 0) is 14.8 Å². The van der Waals surface area contributed by atoms with E-state index in [1.165, 1.54) is 15.6 Å². The Hall–Kier alpha value is -2.75. The molecule has 1 aliphatic heterocycles. The van der Waals surface area contributed by atoms with Crippen molar-refractivity contribution >= 4 is 32.4 Å². The number of aromatic nitrogens is 1. The lowest BCUT2D eigenvalue weighted by Crippen LogP contribution is -2.41. The van der Waals surface area contributed by atoms with Crippen LogP contribution in [0.25, 0.3) is 11.3 Å². The van der Waals surface area contributed by atoms with E-state index in [9.17, 15) is 13.2 Å². The molecule has 1 N–H and O–H groups in total. The smallest absolute Gasteiger partial charge is 0.243 e. The normalized spacial score (nSPS) is 15.5. The van der Waals surface area contributed by atoms with E-state index in [0.717, 1.165) is 17.0 Å². The number of thiazole rings is 1. The number of benzene rings is 2. The largest absolute Gasteiger partial charge is 0.497 e. The van der Waals surface area contributed by atoms with Crippen LogP contribution in [0.4, 0.5) is 5.13 Å². The third-order valence-electron chi connectivity index (χ3n) is 5.33. The maximum atomic E-state index is 12.7. The van der Waals surface area contributed by atoms with Crippen molar-refractivity contribution in [3.63, 3.8) is 0 Å². The molecular weight excluding hydrogens is 434 g/mol. The van der Waals surface area contributed by atoms with Crippen LogP contribution in [0.15, 0.2) is 64.9 Å². The van der Waals surface area contributed by atoms with Gasteiger partial charge in [0, 0.05) is 30.0 Å². The molecule has 2 aromatic carbocycles. The van der Waals surface area contributed by atoms with Gasteiger partial charge in [0.15, 0.2) is 5.13 Å². The molecule has 2 heterocycles. The van der Waals surface area contributed by atoms with Crippen molar-refractivity contribution in [2.45, 2.75) is 17.7 Å². The predicted octanol–water partition coefficient (Wildman–Crippen LogP) is 3.86. The summed E-state index contributed by atoms with van der Waals surface area (Å²) in [5.74, 6) is 0.413. The van der Waals surface area contributed by atoms with Crippen LogP contribution in [-0.4, -0.2) is 43.8 Å². The highest BCUT2D eigenvalue weighted by Crippen LogP contribution is 2.28. The minimum atomic E-state index is -3.52. The van der Waals surface area contributed by atoms with Crippen molar-refractivity contribution in [2.24, 2.45) is 5.92 Å². The second-order valence-electron chi connectivity index (χ2n) is 7.25. The highest BCUT2D eigenvalue weighted by atomic mass is 32.2. The summed E-state index contributed by atoms with van der Waals surface area (Å²) in [6.07, 6.45) is 0.962. The summed E-state index contributed by atoms with van der Waals surface area (Å²) in [6.45, 7) is 0.647. The average molecular weight is 458 g/mol. The lowest BCUT2D eigenvalue weighted by Gasteiger charge is -2.30. The maximum absolute atomic E-state index is 12.7. The van der Waals surface area contributed by atoms with Gasteiger partial charge in [-0.05, 0) is 49.2 Å². The monoisotopic (exact) mass is 457 g/mol. The molecule has 31 heavy (non-hydrogen) atoms. The minimum absolute atomic E-state index is 0.118. The predicted molar refractivity (Wildman–Crippen MR) is 121 cm³/mol. The van der Waals surface area contributed by atoms with Crippen molar-refractivity contribution in [3.05, 3.63) is 60.0 Å². The van der Waals surface area contributed by atoms with Crippen molar-refractivity contribution in [2.75, 3.05) is 25.5 Å². The molecule has 1 fully saturated rings. The molecule has 0 aliphatic carbocycles. The SMILES string of the molecule is COc1ccc(-c2csc(NC(=O)C3CCN(S(=O)(=O)c4ccccc4)CC3)n2)cc1. The molecule has 1 aromatic heterocycles. The van der Waals surface area contributed by atoms with E-state index in [4.69, 9.17) is 4.74 Å². The summed E-state index contributed by atoms with van der Waals surface area (Å²) in [7, 11) is -1.90. The number of amides is 1. The maximum Gasteiger partial charge on any atom is 0.243 e. The number of carbonyl (C=O) groups excluding carboxylic acids is 1. The molecule has 0 radical (unpaired) electrons. The molecule has 1 aliphatic rings. The van der Waals surface area contributed by atoms with Crippen LogP contribution in [0.5, 0.6) is 5.75 Å². The van der Waals surface area contributed by atoms with E-state index in [-0.39, 0.29) is 16.7 Å². The molecule has 1 amide bonds. The lowest BCUT2D eigenvalue weighted by molar-refractivity contribution is -0.120. The fourth-order valence-electron chi connectivity index (χ4n) is 3.53. The zero-order valence-corrected chi connectivity index (χ0v) is 18.7. The summed E-state index contributed by atoms with van der Waals surface area (Å²) in [5.41, 5.74) is 1.73. The number of methoxy groups -OCH3 is 1. The van der Waals surface area contributed by atoms with Gasteiger partial charge in [0.05, 0.1) is 17.7 Å². The second kappa shape index (κ2) is 9.17. The van der Waals surface area contributed by atoms with Gasteiger partial charge in [-0.2, -0.15) is 4.31 Å². The zero-order valence-electron chi connectivity index (χ0n) is 17.0. The van der Waals surface area contributed by atoms with E-state index in [1.807, 2.05) is 29.6 Å². The number of hydrogen-bond acceptors (Lipinski definition) is 6. The number of sulfonamides is 1. The first kappa shape index (κ1) is 21.5. The summed E-state index contributed by atoms with van der Waals surface area (Å²) >= 11 is 1.37. The number of hydrogen-bond donors (Lipinski definition) is 1. The molecule has 7 nitrogen and oxygen atoms in total. The van der Waals surface area contributed by atoms with E-state index < -0.39 is 10.0 Å². The standard InChI is InChI=1S/C22H23N3O4S2/c1-29-18-9-7-16(8-10-18)20-15-30-22(23-20)24-21(26)17-11-13-25(14-12-17)31(27,28)19-5-3-2-4-6-19/h2-10,15,17H,11-14H2,1H3,(H,23,24,26). The number of ether oxygens (including phenoxy) is 1. The number of nitrogens with zero attached hydrogens (tertiary/aromatic N) is 2. The molecule has 4 rings (SSSR count). The van der Waals surface area contributed by atoms with Crippen molar-refractivity contribution in [1.29, 1.82) is 0 Å². The van der Waals surface area contributed by atoms with Gasteiger partial charge in [-0.3, -0.25) is 4.79 Å². The number of carbonyl (C=O) groups is 1. The number of piperidine rings is 1. The van der Waals surface area contributed by atoms with Crippen LogP contribution in [0.3, 0.4) is 0 Å². The highest BCUT2D eigenvalue weighted by Gasteiger charge is 2.32. The van der Waals surface area contributed by atoms with Crippen molar-refractivity contribution in [3.8, 4) is 17.0 Å². The fourth-order valence-corrected chi connectivity index (χ4v) is 5.75. The molecule has 9 heteroatoms. The molecular formula is C22H23N3O4S2. The fraction of sp³-hybridized carbons (Fsp3) is 0.273. The van der Waals surface area contributed by atoms with E-state index in [1.54, 1.807) is 37.4 Å². The average Bonchev–Trinajstić information content (AvgIpc) is 3.28. The van der Waals surface area contributed by atoms with Gasteiger partial charge in [0.1, 0.15) is 5.75 Å². The first-order chi connectivity index (χ1) is 15.0. The molecule has 162 valence electrons. The van der Waals surface area contributed by atoms with Gasteiger partial charge in [-0.1, -0.05) is 18.2 Å². The minimum Gasteiger partial charge on any atom is -0.497 e. The van der Waals surface area contributed by atoms with E-state index in [2.05, 4.69) is 10.3 Å². The van der Waals surface area contributed by atoms with Crippen LogP contribution in [0.2, 0.25) is 0 Å². The molecule has 1 saturated heterocycles. The molecule has 0 atom stereocenters. The lowest BCUT2D eigenvalue weighted by atomic mass is 9.97. The number of nitrogens with one attached hydrogen (secondary N) is 1. The first-order valence-electron chi connectivity index (χ1n) is 9.93. The highest BCUT2D eigenvalue weighted by molar-refractivity contribution is 7.89. The molecule has 3 aromatic rings. The Labute approximate surface area is 185 Å². The molecule has 0 unspecified atom stereocenters. The summed E-state index contributed by atoms with van der Waals surface area (Å²) in [6, 6.07) is 16.0. The number of anilines is 1. The molecule has 0 spiro atoms. The topological polar surface area (TPSA) is 88.6 Å². The van der Waals surface area contributed by atoms with Crippen LogP contribution in [0, 0.1) is 5.92 Å². The van der Waals surface area contributed by atoms with Crippen molar-refractivity contribution in [1.82, 2.24) is 9.29 Å². The Morgan fingerprint density at radius 3 is 2.42 bits per heavy atom. The third-order valence-corrected chi connectivity index (χ3v) is 8.00. The summed E-state index contributed by atoms with van der Waals surface area (Å²) in [5, 5.41) is 5.32. The Morgan fingerprint density at radius 2 is 1.77 bits per heavy atom. The Morgan fingerprint density at radius 1 is 1.10 bits per heavy atom. The second-order valence-corrected chi connectivity index (χ2v) is 10.0.